The molecule has 14 heavy (non-hydrogen) atoms. The Labute approximate surface area is 83.9 Å². The maximum atomic E-state index is 11.8. The van der Waals surface area contributed by atoms with Crippen LogP contribution in [-0.4, -0.2) is 29.2 Å². The van der Waals surface area contributed by atoms with Gasteiger partial charge in [0.15, 0.2) is 0 Å². The Hall–Kier alpha value is -0.610. The molecule has 2 atom stereocenters. The van der Waals surface area contributed by atoms with Crippen molar-refractivity contribution in [3.05, 3.63) is 0 Å². The van der Waals surface area contributed by atoms with E-state index >= 15 is 0 Å². The van der Waals surface area contributed by atoms with Crippen LogP contribution in [0.15, 0.2) is 0 Å². The van der Waals surface area contributed by atoms with Crippen LogP contribution in [0.5, 0.6) is 0 Å². The van der Waals surface area contributed by atoms with Crippen molar-refractivity contribution in [2.75, 3.05) is 6.61 Å². The minimum atomic E-state index is -0.292. The number of amides is 1. The van der Waals surface area contributed by atoms with E-state index in [0.29, 0.717) is 0 Å². The fourth-order valence-electron chi connectivity index (χ4n) is 2.14. The van der Waals surface area contributed by atoms with Crippen LogP contribution in [0.3, 0.4) is 0 Å². The Morgan fingerprint density at radius 2 is 2.21 bits per heavy atom. The molecular formula is C10H18N2O2. The maximum Gasteiger partial charge on any atom is 0.225 e. The first-order chi connectivity index (χ1) is 6.67. The number of aliphatic hydroxyl groups excluding tert-OH is 1. The molecule has 0 radical (unpaired) electrons. The molecule has 0 spiro atoms. The minimum Gasteiger partial charge on any atom is -0.394 e. The number of nitrogens with two attached hydrogens (primary N) is 1. The Morgan fingerprint density at radius 1 is 1.50 bits per heavy atom. The second-order valence-electron chi connectivity index (χ2n) is 4.63. The number of aliphatic hydroxyl groups is 1. The largest absolute Gasteiger partial charge is 0.394 e. The first kappa shape index (κ1) is 9.93. The zero-order valence-corrected chi connectivity index (χ0v) is 8.33. The molecule has 2 aliphatic rings. The second-order valence-corrected chi connectivity index (χ2v) is 4.63. The lowest BCUT2D eigenvalue weighted by Crippen LogP contribution is -2.46. The number of hydrogen-bond donors (Lipinski definition) is 3. The van der Waals surface area contributed by atoms with E-state index in [0.717, 1.165) is 32.1 Å². The van der Waals surface area contributed by atoms with Crippen molar-refractivity contribution in [1.82, 2.24) is 5.32 Å². The van der Waals surface area contributed by atoms with E-state index < -0.39 is 0 Å². The lowest BCUT2D eigenvalue weighted by Gasteiger charge is -2.20. The highest BCUT2D eigenvalue weighted by Crippen LogP contribution is 2.35. The van der Waals surface area contributed by atoms with Gasteiger partial charge in [0.2, 0.25) is 5.91 Å². The van der Waals surface area contributed by atoms with Crippen LogP contribution >= 0.6 is 0 Å². The van der Waals surface area contributed by atoms with Crippen molar-refractivity contribution < 1.29 is 9.90 Å². The molecule has 0 saturated heterocycles. The van der Waals surface area contributed by atoms with Gasteiger partial charge in [-0.2, -0.15) is 0 Å². The van der Waals surface area contributed by atoms with Crippen molar-refractivity contribution in [1.29, 1.82) is 0 Å². The van der Waals surface area contributed by atoms with Gasteiger partial charge in [-0.25, -0.2) is 0 Å². The zero-order chi connectivity index (χ0) is 10.2. The molecule has 2 aliphatic carbocycles. The lowest BCUT2D eigenvalue weighted by molar-refractivity contribution is -0.126. The van der Waals surface area contributed by atoms with E-state index in [1.165, 1.54) is 0 Å². The molecule has 0 aromatic carbocycles. The van der Waals surface area contributed by atoms with Gasteiger partial charge < -0.3 is 16.2 Å². The number of carbonyl (C=O) groups is 1. The molecule has 2 saturated carbocycles. The highest BCUT2D eigenvalue weighted by atomic mass is 16.3. The standard InChI is InChI=1S/C10H18N2O2/c11-8-3-1-2-7(8)9(14)12-10(6-13)4-5-10/h7-8,13H,1-6,11H2,(H,12,14). The summed E-state index contributed by atoms with van der Waals surface area (Å²) in [6, 6.07) is 0.0180. The fraction of sp³-hybridized carbons (Fsp3) is 0.900. The van der Waals surface area contributed by atoms with Crippen molar-refractivity contribution in [2.45, 2.75) is 43.7 Å². The van der Waals surface area contributed by atoms with E-state index in [2.05, 4.69) is 5.32 Å². The van der Waals surface area contributed by atoms with Gasteiger partial charge >= 0.3 is 0 Å². The van der Waals surface area contributed by atoms with Crippen LogP contribution < -0.4 is 11.1 Å². The zero-order valence-electron chi connectivity index (χ0n) is 8.33. The summed E-state index contributed by atoms with van der Waals surface area (Å²) in [6.07, 6.45) is 4.69. The smallest absolute Gasteiger partial charge is 0.225 e. The molecule has 4 heteroatoms. The van der Waals surface area contributed by atoms with Crippen LogP contribution in [0.1, 0.15) is 32.1 Å². The first-order valence-corrected chi connectivity index (χ1v) is 5.35. The minimum absolute atomic E-state index is 0.0180. The summed E-state index contributed by atoms with van der Waals surface area (Å²) < 4.78 is 0. The van der Waals surface area contributed by atoms with E-state index in [9.17, 15) is 4.79 Å². The van der Waals surface area contributed by atoms with Gasteiger partial charge in [0.05, 0.1) is 18.1 Å². The average Bonchev–Trinajstić information content (AvgIpc) is 2.80. The summed E-state index contributed by atoms with van der Waals surface area (Å²) in [7, 11) is 0. The molecule has 2 fully saturated rings. The maximum absolute atomic E-state index is 11.8. The van der Waals surface area contributed by atoms with E-state index in [1.807, 2.05) is 0 Å². The third-order valence-electron chi connectivity index (χ3n) is 3.45. The van der Waals surface area contributed by atoms with Gasteiger partial charge in [0.25, 0.3) is 0 Å². The highest BCUT2D eigenvalue weighted by Gasteiger charge is 2.45. The van der Waals surface area contributed by atoms with Gasteiger partial charge in [-0.3, -0.25) is 4.79 Å². The summed E-state index contributed by atoms with van der Waals surface area (Å²) >= 11 is 0. The number of carbonyl (C=O) groups excluding carboxylic acids is 1. The second kappa shape index (κ2) is 3.51. The monoisotopic (exact) mass is 198 g/mol. The van der Waals surface area contributed by atoms with Crippen molar-refractivity contribution in [3.8, 4) is 0 Å². The predicted octanol–water partition coefficient (Wildman–Crippen LogP) is -0.245. The van der Waals surface area contributed by atoms with Crippen molar-refractivity contribution >= 4 is 5.91 Å². The molecule has 4 N–H and O–H groups in total. The Kier molecular flexibility index (Phi) is 2.49. The van der Waals surface area contributed by atoms with Crippen LogP contribution in [0.4, 0.5) is 0 Å². The summed E-state index contributed by atoms with van der Waals surface area (Å²) in [6.45, 7) is 0.0562. The summed E-state index contributed by atoms with van der Waals surface area (Å²) in [5.74, 6) is 0.0144. The third-order valence-corrected chi connectivity index (χ3v) is 3.45. The molecule has 1 amide bonds. The van der Waals surface area contributed by atoms with Gasteiger partial charge in [0, 0.05) is 6.04 Å². The van der Waals surface area contributed by atoms with E-state index in [1.54, 1.807) is 0 Å². The van der Waals surface area contributed by atoms with Gasteiger partial charge in [-0.15, -0.1) is 0 Å². The lowest BCUT2D eigenvalue weighted by atomic mass is 10.0. The number of rotatable bonds is 3. The normalized spacial score (nSPS) is 34.1. The summed E-state index contributed by atoms with van der Waals surface area (Å²) in [5.41, 5.74) is 5.55. The molecule has 0 aromatic heterocycles. The Balaban J connectivity index is 1.89. The molecule has 0 bridgehead atoms. The molecule has 0 aliphatic heterocycles. The molecule has 0 heterocycles. The summed E-state index contributed by atoms with van der Waals surface area (Å²) in [5, 5.41) is 12.0. The van der Waals surface area contributed by atoms with Crippen molar-refractivity contribution in [2.24, 2.45) is 11.7 Å². The van der Waals surface area contributed by atoms with Gasteiger partial charge in [-0.1, -0.05) is 6.42 Å². The molecule has 2 unspecified atom stereocenters. The SMILES string of the molecule is NC1CCCC1C(=O)NC1(CO)CC1. The van der Waals surface area contributed by atoms with Crippen molar-refractivity contribution in [3.63, 3.8) is 0 Å². The van der Waals surface area contributed by atoms with Crippen LogP contribution in [-0.2, 0) is 4.79 Å². The molecule has 0 aromatic rings. The van der Waals surface area contributed by atoms with Gasteiger partial charge in [-0.05, 0) is 25.7 Å². The Morgan fingerprint density at radius 3 is 2.64 bits per heavy atom. The summed E-state index contributed by atoms with van der Waals surface area (Å²) in [4.78, 5) is 11.8. The highest BCUT2D eigenvalue weighted by molar-refractivity contribution is 5.80. The fourth-order valence-corrected chi connectivity index (χ4v) is 2.14. The molecule has 4 nitrogen and oxygen atoms in total. The van der Waals surface area contributed by atoms with Gasteiger partial charge in [0.1, 0.15) is 0 Å². The number of nitrogens with one attached hydrogen (secondary N) is 1. The average molecular weight is 198 g/mol. The third kappa shape index (κ3) is 1.77. The number of hydrogen-bond acceptors (Lipinski definition) is 3. The first-order valence-electron chi connectivity index (χ1n) is 5.35. The topological polar surface area (TPSA) is 75.4 Å². The van der Waals surface area contributed by atoms with E-state index in [4.69, 9.17) is 10.8 Å². The quantitative estimate of drug-likeness (QED) is 0.585. The molecule has 80 valence electrons. The van der Waals surface area contributed by atoms with E-state index in [-0.39, 0.29) is 30.0 Å². The molecule has 2 rings (SSSR count). The van der Waals surface area contributed by atoms with Crippen LogP contribution in [0, 0.1) is 5.92 Å². The van der Waals surface area contributed by atoms with Crippen LogP contribution in [0.2, 0.25) is 0 Å². The van der Waals surface area contributed by atoms with Crippen LogP contribution in [0.25, 0.3) is 0 Å². The molecular weight excluding hydrogens is 180 g/mol. The Bertz CT molecular complexity index is 238. The predicted molar refractivity (Wildman–Crippen MR) is 52.5 cm³/mol.